The maximum Gasteiger partial charge on any atom is 0.195 e. The van der Waals surface area contributed by atoms with Crippen LogP contribution in [0.3, 0.4) is 0 Å². The summed E-state index contributed by atoms with van der Waals surface area (Å²) in [5.41, 5.74) is 4.10. The second kappa shape index (κ2) is 3.94. The van der Waals surface area contributed by atoms with Crippen LogP contribution in [0.15, 0.2) is 29.7 Å². The van der Waals surface area contributed by atoms with E-state index in [1.165, 1.54) is 23.2 Å². The van der Waals surface area contributed by atoms with Crippen LogP contribution in [0.25, 0.3) is 5.69 Å². The fourth-order valence-corrected chi connectivity index (χ4v) is 3.06. The van der Waals surface area contributed by atoms with Gasteiger partial charge in [-0.05, 0) is 17.5 Å². The van der Waals surface area contributed by atoms with Gasteiger partial charge in [0.1, 0.15) is 6.33 Å². The number of thioether (sulfide) groups is 1. The van der Waals surface area contributed by atoms with E-state index in [2.05, 4.69) is 39.9 Å². The van der Waals surface area contributed by atoms with Crippen molar-refractivity contribution in [2.45, 2.75) is 30.7 Å². The minimum atomic E-state index is 1.01. The zero-order chi connectivity index (χ0) is 11.0. The zero-order valence-electron chi connectivity index (χ0n) is 9.18. The number of hydrogen-bond acceptors (Lipinski definition) is 3. The molecule has 0 unspecified atom stereocenters. The summed E-state index contributed by atoms with van der Waals surface area (Å²) < 4.78 is 2.12. The molecule has 1 aliphatic heterocycles. The molecular weight excluding hydrogens is 218 g/mol. The summed E-state index contributed by atoms with van der Waals surface area (Å²) in [5.74, 6) is 1.01. The molecular formula is C12H13N3S. The van der Waals surface area contributed by atoms with Crippen LogP contribution in [0.5, 0.6) is 0 Å². The Hall–Kier alpha value is -1.29. The fraction of sp³-hybridized carbons (Fsp3) is 0.333. The first-order valence-electron chi connectivity index (χ1n) is 5.54. The summed E-state index contributed by atoms with van der Waals surface area (Å²) in [5, 5.41) is 9.14. The Morgan fingerprint density at radius 3 is 3.25 bits per heavy atom. The molecule has 0 saturated carbocycles. The van der Waals surface area contributed by atoms with Crippen LogP contribution in [-0.4, -0.2) is 14.8 Å². The van der Waals surface area contributed by atoms with E-state index in [0.717, 1.165) is 17.3 Å². The number of fused-ring (bicyclic) bond motifs is 3. The molecule has 1 aromatic carbocycles. The Labute approximate surface area is 98.9 Å². The summed E-state index contributed by atoms with van der Waals surface area (Å²) in [6, 6.07) is 6.56. The van der Waals surface area contributed by atoms with Crippen LogP contribution < -0.4 is 0 Å². The van der Waals surface area contributed by atoms with Crippen molar-refractivity contribution in [2.24, 2.45) is 0 Å². The van der Waals surface area contributed by atoms with E-state index in [0.29, 0.717) is 0 Å². The van der Waals surface area contributed by atoms with E-state index in [1.807, 2.05) is 6.33 Å². The van der Waals surface area contributed by atoms with Crippen LogP contribution in [-0.2, 0) is 12.2 Å². The third-order valence-electron chi connectivity index (χ3n) is 2.84. The molecule has 0 amide bonds. The van der Waals surface area contributed by atoms with Crippen LogP contribution >= 0.6 is 11.8 Å². The smallest absolute Gasteiger partial charge is 0.195 e. The summed E-state index contributed by atoms with van der Waals surface area (Å²) in [4.78, 5) is 0. The van der Waals surface area contributed by atoms with Gasteiger partial charge in [-0.15, -0.1) is 10.2 Å². The molecule has 1 aromatic heterocycles. The van der Waals surface area contributed by atoms with E-state index in [-0.39, 0.29) is 0 Å². The Kier molecular flexibility index (Phi) is 2.44. The second-order valence-corrected chi connectivity index (χ2v) is 4.89. The Bertz CT molecular complexity index is 519. The van der Waals surface area contributed by atoms with Crippen molar-refractivity contribution in [3.63, 3.8) is 0 Å². The first-order chi connectivity index (χ1) is 7.90. The summed E-state index contributed by atoms with van der Waals surface area (Å²) in [6.45, 7) is 2.21. The number of nitrogens with zero attached hydrogens (tertiary/aromatic N) is 3. The summed E-state index contributed by atoms with van der Waals surface area (Å²) in [6.07, 6.45) is 4.10. The average molecular weight is 231 g/mol. The summed E-state index contributed by atoms with van der Waals surface area (Å²) >= 11 is 1.75. The van der Waals surface area contributed by atoms with Crippen molar-refractivity contribution in [1.82, 2.24) is 14.8 Å². The quantitative estimate of drug-likeness (QED) is 0.796. The molecule has 0 atom stereocenters. The van der Waals surface area contributed by atoms with Gasteiger partial charge in [0.15, 0.2) is 5.16 Å². The molecule has 2 aromatic rings. The van der Waals surface area contributed by atoms with Gasteiger partial charge in [-0.2, -0.15) is 0 Å². The van der Waals surface area contributed by atoms with Crippen molar-refractivity contribution in [1.29, 1.82) is 0 Å². The monoisotopic (exact) mass is 231 g/mol. The van der Waals surface area contributed by atoms with E-state index < -0.39 is 0 Å². The Morgan fingerprint density at radius 1 is 1.44 bits per heavy atom. The van der Waals surface area contributed by atoms with Crippen LogP contribution in [0, 0.1) is 0 Å². The number of benzene rings is 1. The van der Waals surface area contributed by atoms with Crippen LogP contribution in [0.1, 0.15) is 24.5 Å². The molecule has 1 aliphatic rings. The molecule has 3 rings (SSSR count). The van der Waals surface area contributed by atoms with Gasteiger partial charge in [-0.3, -0.25) is 4.57 Å². The van der Waals surface area contributed by atoms with Crippen LogP contribution in [0.2, 0.25) is 0 Å². The van der Waals surface area contributed by atoms with Crippen molar-refractivity contribution in [3.8, 4) is 5.69 Å². The topological polar surface area (TPSA) is 30.7 Å². The van der Waals surface area contributed by atoms with Crippen molar-refractivity contribution >= 4 is 11.8 Å². The minimum absolute atomic E-state index is 1.01. The lowest BCUT2D eigenvalue weighted by Gasteiger charge is -2.20. The standard InChI is InChI=1S/C12H13N3S/c1-2-4-9-5-3-6-10-7-16-12-14-13-8-15(12)11(9)10/h3,5-6,8H,2,4,7H2,1H3. The van der Waals surface area contributed by atoms with E-state index in [1.54, 1.807) is 11.8 Å². The molecule has 82 valence electrons. The number of para-hydroxylation sites is 1. The molecule has 3 nitrogen and oxygen atoms in total. The molecule has 0 radical (unpaired) electrons. The van der Waals surface area contributed by atoms with Crippen LogP contribution in [0.4, 0.5) is 0 Å². The van der Waals surface area contributed by atoms with Gasteiger partial charge < -0.3 is 0 Å². The van der Waals surface area contributed by atoms with Gasteiger partial charge in [-0.25, -0.2) is 0 Å². The highest BCUT2D eigenvalue weighted by atomic mass is 32.2. The third-order valence-corrected chi connectivity index (χ3v) is 3.83. The van der Waals surface area contributed by atoms with E-state index in [4.69, 9.17) is 0 Å². The number of aryl methyl sites for hydroxylation is 1. The predicted molar refractivity (Wildman–Crippen MR) is 64.9 cm³/mol. The SMILES string of the molecule is CCCc1cccc2c1-n1cnnc1SC2. The minimum Gasteiger partial charge on any atom is -0.276 e. The molecule has 4 heteroatoms. The summed E-state index contributed by atoms with van der Waals surface area (Å²) in [7, 11) is 0. The van der Waals surface area contributed by atoms with Crippen molar-refractivity contribution in [3.05, 3.63) is 35.7 Å². The lowest BCUT2D eigenvalue weighted by atomic mass is 10.0. The second-order valence-electron chi connectivity index (χ2n) is 3.95. The lowest BCUT2D eigenvalue weighted by Crippen LogP contribution is -2.08. The van der Waals surface area contributed by atoms with Gasteiger partial charge in [0, 0.05) is 5.75 Å². The predicted octanol–water partition coefficient (Wildman–Crippen LogP) is 2.83. The molecule has 0 N–H and O–H groups in total. The molecule has 16 heavy (non-hydrogen) atoms. The van der Waals surface area contributed by atoms with Gasteiger partial charge in [0.05, 0.1) is 5.69 Å². The van der Waals surface area contributed by atoms with Gasteiger partial charge in [-0.1, -0.05) is 43.3 Å². The number of aromatic nitrogens is 3. The highest BCUT2D eigenvalue weighted by Crippen LogP contribution is 2.34. The van der Waals surface area contributed by atoms with Crippen molar-refractivity contribution < 1.29 is 0 Å². The lowest BCUT2D eigenvalue weighted by molar-refractivity contribution is 0.830. The Balaban J connectivity index is 2.20. The number of hydrogen-bond donors (Lipinski definition) is 0. The molecule has 0 fully saturated rings. The van der Waals surface area contributed by atoms with Gasteiger partial charge >= 0.3 is 0 Å². The zero-order valence-corrected chi connectivity index (χ0v) is 10.00. The van der Waals surface area contributed by atoms with E-state index in [9.17, 15) is 0 Å². The molecule has 2 heterocycles. The largest absolute Gasteiger partial charge is 0.276 e. The van der Waals surface area contributed by atoms with E-state index >= 15 is 0 Å². The molecule has 0 aliphatic carbocycles. The number of rotatable bonds is 2. The highest BCUT2D eigenvalue weighted by Gasteiger charge is 2.19. The highest BCUT2D eigenvalue weighted by molar-refractivity contribution is 7.98. The first-order valence-corrected chi connectivity index (χ1v) is 6.52. The van der Waals surface area contributed by atoms with Gasteiger partial charge in [0.2, 0.25) is 0 Å². The van der Waals surface area contributed by atoms with Gasteiger partial charge in [0.25, 0.3) is 0 Å². The Morgan fingerprint density at radius 2 is 2.38 bits per heavy atom. The first kappa shape index (κ1) is 9.90. The molecule has 0 bridgehead atoms. The maximum absolute atomic E-state index is 4.13. The van der Waals surface area contributed by atoms with Crippen molar-refractivity contribution in [2.75, 3.05) is 0 Å². The fourth-order valence-electron chi connectivity index (χ4n) is 2.16. The molecule has 0 saturated heterocycles. The normalized spacial score (nSPS) is 13.3. The third kappa shape index (κ3) is 1.45. The molecule has 0 spiro atoms. The maximum atomic E-state index is 4.13. The average Bonchev–Trinajstić information content (AvgIpc) is 2.77.